The molecule has 0 spiro atoms. The number of benzene rings is 3. The molecule has 6 nitrogen and oxygen atoms in total. The number of rotatable bonds is 9. The van der Waals surface area contributed by atoms with Crippen LogP contribution in [0.2, 0.25) is 0 Å². The van der Waals surface area contributed by atoms with Gasteiger partial charge in [-0.2, -0.15) is 0 Å². The molecule has 0 bridgehead atoms. The van der Waals surface area contributed by atoms with E-state index in [1.165, 1.54) is 16.4 Å². The molecule has 0 radical (unpaired) electrons. The summed E-state index contributed by atoms with van der Waals surface area (Å²) in [6, 6.07) is 20.9. The molecule has 1 atom stereocenters. The van der Waals surface area contributed by atoms with Crippen molar-refractivity contribution in [3.05, 3.63) is 89.5 Å². The molecular formula is C26H30N2O4S. The molecule has 0 heterocycles. The molecule has 33 heavy (non-hydrogen) atoms. The van der Waals surface area contributed by atoms with Crippen LogP contribution in [-0.4, -0.2) is 27.5 Å². The minimum Gasteiger partial charge on any atom is -0.494 e. The number of hydrogen-bond acceptors (Lipinski definition) is 4. The van der Waals surface area contributed by atoms with E-state index in [9.17, 15) is 13.2 Å². The van der Waals surface area contributed by atoms with Gasteiger partial charge in [0.05, 0.1) is 23.2 Å². The predicted molar refractivity (Wildman–Crippen MR) is 131 cm³/mol. The number of anilines is 1. The van der Waals surface area contributed by atoms with Crippen molar-refractivity contribution in [2.45, 2.75) is 38.6 Å². The van der Waals surface area contributed by atoms with Gasteiger partial charge in [-0.15, -0.1) is 0 Å². The molecule has 0 saturated heterocycles. The second-order valence-corrected chi connectivity index (χ2v) is 9.77. The van der Waals surface area contributed by atoms with E-state index in [-0.39, 0.29) is 17.5 Å². The van der Waals surface area contributed by atoms with Crippen molar-refractivity contribution in [2.24, 2.45) is 0 Å². The predicted octanol–water partition coefficient (Wildman–Crippen LogP) is 4.77. The van der Waals surface area contributed by atoms with Gasteiger partial charge in [0.15, 0.2) is 0 Å². The highest BCUT2D eigenvalue weighted by Crippen LogP contribution is 2.28. The Hall–Kier alpha value is -3.32. The average Bonchev–Trinajstić information content (AvgIpc) is 2.80. The van der Waals surface area contributed by atoms with Crippen LogP contribution in [0.15, 0.2) is 77.7 Å². The standard InChI is InChI=1S/C26H30N2O4S/c1-5-32-23-15-13-22(14-16-23)21(4)27-26(29)18-28(25-17-19(2)11-12-20(25)3)33(30,31)24-9-7-6-8-10-24/h6-17,21H,5,18H2,1-4H3,(H,27,29). The first kappa shape index (κ1) is 24.3. The molecule has 174 valence electrons. The zero-order valence-corrected chi connectivity index (χ0v) is 20.2. The first-order valence-corrected chi connectivity index (χ1v) is 12.3. The lowest BCUT2D eigenvalue weighted by molar-refractivity contribution is -0.120. The molecule has 0 fully saturated rings. The number of nitrogens with zero attached hydrogens (tertiary/aromatic N) is 1. The van der Waals surface area contributed by atoms with E-state index in [4.69, 9.17) is 4.74 Å². The van der Waals surface area contributed by atoms with Gasteiger partial charge in [-0.1, -0.05) is 42.5 Å². The SMILES string of the molecule is CCOc1ccc(C(C)NC(=O)CN(c2cc(C)ccc2C)S(=O)(=O)c2ccccc2)cc1. The van der Waals surface area contributed by atoms with Gasteiger partial charge < -0.3 is 10.1 Å². The second-order valence-electron chi connectivity index (χ2n) is 7.91. The summed E-state index contributed by atoms with van der Waals surface area (Å²) in [6.07, 6.45) is 0. The van der Waals surface area contributed by atoms with Gasteiger partial charge in [0.25, 0.3) is 10.0 Å². The topological polar surface area (TPSA) is 75.7 Å². The fourth-order valence-electron chi connectivity index (χ4n) is 3.53. The van der Waals surface area contributed by atoms with Crippen LogP contribution in [0.3, 0.4) is 0 Å². The highest BCUT2D eigenvalue weighted by atomic mass is 32.2. The van der Waals surface area contributed by atoms with Crippen molar-refractivity contribution in [2.75, 3.05) is 17.5 Å². The Labute approximate surface area is 196 Å². The summed E-state index contributed by atoms with van der Waals surface area (Å²) in [4.78, 5) is 13.1. The van der Waals surface area contributed by atoms with E-state index in [0.717, 1.165) is 22.4 Å². The maximum atomic E-state index is 13.5. The highest BCUT2D eigenvalue weighted by Gasteiger charge is 2.28. The average molecular weight is 467 g/mol. The number of amides is 1. The lowest BCUT2D eigenvalue weighted by Gasteiger charge is -2.27. The van der Waals surface area contributed by atoms with Crippen molar-refractivity contribution in [1.82, 2.24) is 5.32 Å². The number of ether oxygens (including phenoxy) is 1. The maximum absolute atomic E-state index is 13.5. The van der Waals surface area contributed by atoms with E-state index < -0.39 is 15.9 Å². The highest BCUT2D eigenvalue weighted by molar-refractivity contribution is 7.92. The third-order valence-corrected chi connectivity index (χ3v) is 7.09. The van der Waals surface area contributed by atoms with Crippen molar-refractivity contribution >= 4 is 21.6 Å². The number of aryl methyl sites for hydroxylation is 2. The van der Waals surface area contributed by atoms with Crippen LogP contribution in [0.5, 0.6) is 5.75 Å². The van der Waals surface area contributed by atoms with Crippen LogP contribution < -0.4 is 14.4 Å². The zero-order chi connectivity index (χ0) is 24.0. The summed E-state index contributed by atoms with van der Waals surface area (Å²) < 4.78 is 33.7. The molecule has 1 amide bonds. The monoisotopic (exact) mass is 466 g/mol. The summed E-state index contributed by atoms with van der Waals surface area (Å²) in [6.45, 7) is 7.76. The normalized spacial score (nSPS) is 12.1. The first-order valence-electron chi connectivity index (χ1n) is 10.9. The molecule has 3 aromatic carbocycles. The maximum Gasteiger partial charge on any atom is 0.264 e. The summed E-state index contributed by atoms with van der Waals surface area (Å²) >= 11 is 0. The molecule has 0 aromatic heterocycles. The van der Waals surface area contributed by atoms with Gasteiger partial charge in [0.2, 0.25) is 5.91 Å². The summed E-state index contributed by atoms with van der Waals surface area (Å²) in [5.74, 6) is 0.367. The lowest BCUT2D eigenvalue weighted by Crippen LogP contribution is -2.42. The van der Waals surface area contributed by atoms with E-state index in [1.54, 1.807) is 24.3 Å². The minimum absolute atomic E-state index is 0.137. The van der Waals surface area contributed by atoms with Crippen molar-refractivity contribution < 1.29 is 17.9 Å². The second kappa shape index (κ2) is 10.5. The molecule has 0 saturated carbocycles. The van der Waals surface area contributed by atoms with E-state index >= 15 is 0 Å². The Bertz CT molecular complexity index is 1190. The molecule has 1 unspecified atom stereocenters. The van der Waals surface area contributed by atoms with Gasteiger partial charge in [0.1, 0.15) is 12.3 Å². The zero-order valence-electron chi connectivity index (χ0n) is 19.4. The Balaban J connectivity index is 1.87. The third-order valence-electron chi connectivity index (χ3n) is 5.32. The number of hydrogen-bond donors (Lipinski definition) is 1. The lowest BCUT2D eigenvalue weighted by atomic mass is 10.1. The summed E-state index contributed by atoms with van der Waals surface area (Å²) in [5.41, 5.74) is 3.07. The van der Waals surface area contributed by atoms with Crippen molar-refractivity contribution in [3.63, 3.8) is 0 Å². The minimum atomic E-state index is -3.94. The molecule has 7 heteroatoms. The number of sulfonamides is 1. The third kappa shape index (κ3) is 5.93. The van der Waals surface area contributed by atoms with Gasteiger partial charge in [-0.05, 0) is 74.7 Å². The molecular weight excluding hydrogens is 436 g/mol. The summed E-state index contributed by atoms with van der Waals surface area (Å²) in [5, 5.41) is 2.92. The van der Waals surface area contributed by atoms with Gasteiger partial charge in [-0.3, -0.25) is 9.10 Å². The van der Waals surface area contributed by atoms with Crippen LogP contribution in [0.1, 0.15) is 36.6 Å². The smallest absolute Gasteiger partial charge is 0.264 e. The Kier molecular flexibility index (Phi) is 7.76. The molecule has 0 aliphatic carbocycles. The van der Waals surface area contributed by atoms with Crippen LogP contribution in [0, 0.1) is 13.8 Å². The van der Waals surface area contributed by atoms with Crippen LogP contribution in [-0.2, 0) is 14.8 Å². The largest absolute Gasteiger partial charge is 0.494 e. The molecule has 0 aliphatic rings. The molecule has 0 aliphatic heterocycles. The van der Waals surface area contributed by atoms with E-state index in [1.807, 2.05) is 64.1 Å². The molecule has 1 N–H and O–H groups in total. The quantitative estimate of drug-likeness (QED) is 0.493. The molecule has 3 aromatic rings. The van der Waals surface area contributed by atoms with Gasteiger partial charge in [0, 0.05) is 0 Å². The Morgan fingerprint density at radius 3 is 2.30 bits per heavy atom. The van der Waals surface area contributed by atoms with E-state index in [2.05, 4.69) is 5.32 Å². The number of carbonyl (C=O) groups excluding carboxylic acids is 1. The Morgan fingerprint density at radius 2 is 1.67 bits per heavy atom. The van der Waals surface area contributed by atoms with E-state index in [0.29, 0.717) is 12.3 Å². The first-order chi connectivity index (χ1) is 15.7. The summed E-state index contributed by atoms with van der Waals surface area (Å²) in [7, 11) is -3.94. The van der Waals surface area contributed by atoms with Gasteiger partial charge in [-0.25, -0.2) is 8.42 Å². The van der Waals surface area contributed by atoms with Crippen LogP contribution in [0.25, 0.3) is 0 Å². The number of carbonyl (C=O) groups is 1. The van der Waals surface area contributed by atoms with Crippen molar-refractivity contribution in [3.8, 4) is 5.75 Å². The van der Waals surface area contributed by atoms with Crippen molar-refractivity contribution in [1.29, 1.82) is 0 Å². The Morgan fingerprint density at radius 1 is 1.00 bits per heavy atom. The number of nitrogens with one attached hydrogen (secondary N) is 1. The van der Waals surface area contributed by atoms with Crippen LogP contribution in [0.4, 0.5) is 5.69 Å². The fraction of sp³-hybridized carbons (Fsp3) is 0.269. The van der Waals surface area contributed by atoms with Crippen LogP contribution >= 0.6 is 0 Å². The van der Waals surface area contributed by atoms with Gasteiger partial charge >= 0.3 is 0 Å². The fourth-order valence-corrected chi connectivity index (χ4v) is 5.03. The molecule has 3 rings (SSSR count).